The lowest BCUT2D eigenvalue weighted by molar-refractivity contribution is 0.862. The fraction of sp³-hybridized carbons (Fsp3) is 0.0652. The van der Waals surface area contributed by atoms with Crippen molar-refractivity contribution in [2.24, 2.45) is 4.99 Å². The van der Waals surface area contributed by atoms with Crippen LogP contribution in [0.4, 0.5) is 0 Å². The number of hydrogen-bond donors (Lipinski definition) is 1. The summed E-state index contributed by atoms with van der Waals surface area (Å²) in [4.78, 5) is 5.36. The van der Waals surface area contributed by atoms with Crippen molar-refractivity contribution < 1.29 is 0 Å². The molecule has 0 radical (unpaired) electrons. The van der Waals surface area contributed by atoms with Gasteiger partial charge in [-0.15, -0.1) is 0 Å². The highest BCUT2D eigenvalue weighted by molar-refractivity contribution is 6.28. The molecule has 232 valence electrons. The van der Waals surface area contributed by atoms with Gasteiger partial charge in [0.25, 0.3) is 0 Å². The van der Waals surface area contributed by atoms with E-state index in [1.54, 1.807) is 0 Å². The lowest BCUT2D eigenvalue weighted by Gasteiger charge is -2.27. The first-order valence-electron chi connectivity index (χ1n) is 17.2. The van der Waals surface area contributed by atoms with Gasteiger partial charge in [0.2, 0.25) is 0 Å². The van der Waals surface area contributed by atoms with Gasteiger partial charge in [-0.1, -0.05) is 140 Å². The van der Waals surface area contributed by atoms with Gasteiger partial charge in [0.05, 0.1) is 17.1 Å². The Labute approximate surface area is 285 Å². The highest BCUT2D eigenvalue weighted by Crippen LogP contribution is 2.43. The van der Waals surface area contributed by atoms with Gasteiger partial charge in [-0.2, -0.15) is 0 Å². The van der Waals surface area contributed by atoms with E-state index >= 15 is 0 Å². The normalized spacial score (nSPS) is 15.7. The van der Waals surface area contributed by atoms with Crippen LogP contribution >= 0.6 is 0 Å². The van der Waals surface area contributed by atoms with Crippen molar-refractivity contribution >= 4 is 61.0 Å². The molecular weight excluding hydrogens is 595 g/mol. The number of hydrogen-bond acceptors (Lipinski definition) is 2. The molecule has 2 aliphatic rings. The summed E-state index contributed by atoms with van der Waals surface area (Å²) >= 11 is 0. The molecule has 1 aromatic heterocycles. The van der Waals surface area contributed by atoms with Gasteiger partial charge in [0.15, 0.2) is 0 Å². The summed E-state index contributed by atoms with van der Waals surface area (Å²) in [6.07, 6.45) is 8.95. The van der Waals surface area contributed by atoms with Gasteiger partial charge < -0.3 is 9.88 Å². The van der Waals surface area contributed by atoms with Crippen LogP contribution in [0.2, 0.25) is 0 Å². The van der Waals surface area contributed by atoms with Crippen LogP contribution in [-0.4, -0.2) is 10.4 Å². The van der Waals surface area contributed by atoms with Crippen LogP contribution < -0.4 is 5.32 Å². The summed E-state index contributed by atoms with van der Waals surface area (Å²) in [5.74, 6) is 0.894. The number of rotatable bonds is 4. The van der Waals surface area contributed by atoms with Gasteiger partial charge in [-0.25, -0.2) is 0 Å². The molecule has 0 saturated heterocycles. The molecule has 3 nitrogen and oxygen atoms in total. The molecule has 0 saturated carbocycles. The van der Waals surface area contributed by atoms with E-state index in [1.807, 2.05) is 0 Å². The largest absolute Gasteiger partial charge is 0.340 e. The molecule has 8 aromatic rings. The van der Waals surface area contributed by atoms with Crippen molar-refractivity contribution in [2.45, 2.75) is 18.9 Å². The molecule has 0 spiro atoms. The maximum absolute atomic E-state index is 5.36. The Hall–Kier alpha value is -6.19. The SMILES string of the molecule is C1=Cc2c(C3C=C(c4ccccc4)NC(c4ccccc4)=N3)ccc(-n3c4ccc5ccccc5c4c4c5ccccc5ccc43)c2CC1. The van der Waals surface area contributed by atoms with Crippen LogP contribution in [0, 0.1) is 0 Å². The molecule has 1 aliphatic carbocycles. The summed E-state index contributed by atoms with van der Waals surface area (Å²) < 4.78 is 2.53. The Bertz CT molecular complexity index is 2530. The number of nitrogens with zero attached hydrogens (tertiary/aromatic N) is 2. The summed E-state index contributed by atoms with van der Waals surface area (Å²) in [5, 5.41) is 11.4. The number of nitrogens with one attached hydrogen (secondary N) is 1. The van der Waals surface area contributed by atoms with E-state index in [9.17, 15) is 0 Å². The van der Waals surface area contributed by atoms with Crippen LogP contribution in [0.5, 0.6) is 0 Å². The van der Waals surface area contributed by atoms with Crippen molar-refractivity contribution in [1.82, 2.24) is 9.88 Å². The van der Waals surface area contributed by atoms with Crippen LogP contribution in [0.1, 0.15) is 40.3 Å². The van der Waals surface area contributed by atoms with E-state index in [4.69, 9.17) is 4.99 Å². The van der Waals surface area contributed by atoms with E-state index in [0.717, 1.165) is 35.5 Å². The predicted molar refractivity (Wildman–Crippen MR) is 206 cm³/mol. The second kappa shape index (κ2) is 11.2. The molecular formula is C46H33N3. The first-order chi connectivity index (χ1) is 24.3. The quantitative estimate of drug-likeness (QED) is 0.207. The van der Waals surface area contributed by atoms with Gasteiger partial charge in [-0.3, -0.25) is 4.99 Å². The highest BCUT2D eigenvalue weighted by atomic mass is 15.0. The average Bonchev–Trinajstić information content (AvgIpc) is 3.53. The molecule has 7 aromatic carbocycles. The lowest BCUT2D eigenvalue weighted by atomic mass is 9.87. The second-order valence-corrected chi connectivity index (χ2v) is 13.1. The van der Waals surface area contributed by atoms with Crippen molar-refractivity contribution in [3.8, 4) is 5.69 Å². The first kappa shape index (κ1) is 27.9. The monoisotopic (exact) mass is 627 g/mol. The molecule has 1 atom stereocenters. The fourth-order valence-corrected chi connectivity index (χ4v) is 8.06. The molecule has 3 heteroatoms. The molecule has 49 heavy (non-hydrogen) atoms. The van der Waals surface area contributed by atoms with Gasteiger partial charge in [0.1, 0.15) is 5.84 Å². The van der Waals surface area contributed by atoms with Crippen molar-refractivity contribution in [1.29, 1.82) is 0 Å². The van der Waals surface area contributed by atoms with Crippen molar-refractivity contribution in [3.05, 3.63) is 186 Å². The summed E-state index contributed by atoms with van der Waals surface area (Å²) in [6.45, 7) is 0. The molecule has 10 rings (SSSR count). The van der Waals surface area contributed by atoms with Crippen LogP contribution in [0.15, 0.2) is 163 Å². The molecule has 0 bridgehead atoms. The Morgan fingerprint density at radius 3 is 1.88 bits per heavy atom. The zero-order valence-electron chi connectivity index (χ0n) is 27.0. The summed E-state index contributed by atoms with van der Waals surface area (Å²) in [6, 6.07) is 52.4. The smallest absolute Gasteiger partial charge is 0.133 e. The summed E-state index contributed by atoms with van der Waals surface area (Å²) in [5.41, 5.74) is 11.0. The van der Waals surface area contributed by atoms with Gasteiger partial charge >= 0.3 is 0 Å². The minimum atomic E-state index is -0.136. The number of aliphatic imine (C=N–C) groups is 1. The molecule has 1 aliphatic heterocycles. The second-order valence-electron chi connectivity index (χ2n) is 13.1. The van der Waals surface area contributed by atoms with Gasteiger partial charge in [0, 0.05) is 27.7 Å². The van der Waals surface area contributed by atoms with Crippen molar-refractivity contribution in [2.75, 3.05) is 0 Å². The average molecular weight is 628 g/mol. The lowest BCUT2D eigenvalue weighted by Crippen LogP contribution is -2.28. The standard InChI is InChI=1S/C46H33N3/c1-3-15-32(16-4-1)39-29-40(48-46(47-39)33-17-5-2-6-18-33)37-25-28-41(38-22-12-11-21-36(37)38)49-42-26-23-30-13-7-9-19-34(30)44(42)45-35-20-10-8-14-31(35)24-27-43(45)49/h1-11,13-21,23-29,40H,12,22H2,(H,47,48). The Balaban J connectivity index is 1.23. The third-order valence-electron chi connectivity index (χ3n) is 10.3. The summed E-state index contributed by atoms with van der Waals surface area (Å²) in [7, 11) is 0. The van der Waals surface area contributed by atoms with Gasteiger partial charge in [-0.05, 0) is 80.9 Å². The zero-order chi connectivity index (χ0) is 32.3. The molecule has 1 N–H and O–H groups in total. The van der Waals surface area contributed by atoms with E-state index < -0.39 is 0 Å². The maximum atomic E-state index is 5.36. The minimum absolute atomic E-state index is 0.136. The maximum Gasteiger partial charge on any atom is 0.133 e. The van der Waals surface area contributed by atoms with Crippen molar-refractivity contribution in [3.63, 3.8) is 0 Å². The van der Waals surface area contributed by atoms with E-state index in [0.29, 0.717) is 0 Å². The number of aromatic nitrogens is 1. The zero-order valence-corrected chi connectivity index (χ0v) is 27.0. The highest BCUT2D eigenvalue weighted by Gasteiger charge is 2.26. The van der Waals surface area contributed by atoms with Crippen LogP contribution in [0.3, 0.4) is 0 Å². The van der Waals surface area contributed by atoms with E-state index in [2.05, 4.69) is 174 Å². The Morgan fingerprint density at radius 1 is 0.592 bits per heavy atom. The predicted octanol–water partition coefficient (Wildman–Crippen LogP) is 11.2. The fourth-order valence-electron chi connectivity index (χ4n) is 8.06. The topological polar surface area (TPSA) is 29.3 Å². The first-order valence-corrected chi connectivity index (χ1v) is 17.2. The number of fused-ring (bicyclic) bond motifs is 8. The molecule has 2 heterocycles. The van der Waals surface area contributed by atoms with E-state index in [-0.39, 0.29) is 6.04 Å². The Morgan fingerprint density at radius 2 is 1.20 bits per heavy atom. The van der Waals surface area contributed by atoms with Crippen LogP contribution in [-0.2, 0) is 6.42 Å². The third kappa shape index (κ3) is 4.47. The molecule has 0 fully saturated rings. The number of amidine groups is 1. The van der Waals surface area contributed by atoms with E-state index in [1.165, 1.54) is 65.7 Å². The van der Waals surface area contributed by atoms with Crippen LogP contribution in [0.25, 0.3) is 60.8 Å². The molecule has 0 amide bonds. The third-order valence-corrected chi connectivity index (χ3v) is 10.3. The molecule has 1 unspecified atom stereocenters. The number of allylic oxidation sites excluding steroid dienone is 1. The minimum Gasteiger partial charge on any atom is -0.340 e. The number of benzene rings is 7. The Kier molecular flexibility index (Phi) is 6.38.